The highest BCUT2D eigenvalue weighted by molar-refractivity contribution is 6.31. The summed E-state index contributed by atoms with van der Waals surface area (Å²) in [5.74, 6) is 0.682. The Kier molecular flexibility index (Phi) is 6.97. The number of hydrogen-bond acceptors (Lipinski definition) is 3. The van der Waals surface area contributed by atoms with E-state index in [4.69, 9.17) is 21.1 Å². The van der Waals surface area contributed by atoms with Crippen molar-refractivity contribution >= 4 is 11.6 Å². The minimum atomic E-state index is 0.221. The lowest BCUT2D eigenvalue weighted by molar-refractivity contribution is -0.0190. The smallest absolute Gasteiger partial charge is 0.0814 e. The molecule has 1 saturated heterocycles. The van der Waals surface area contributed by atoms with Gasteiger partial charge in [0.1, 0.15) is 0 Å². The van der Waals surface area contributed by atoms with Gasteiger partial charge in [-0.1, -0.05) is 43.6 Å². The number of halogens is 1. The molecule has 0 aliphatic carbocycles. The highest BCUT2D eigenvalue weighted by Gasteiger charge is 2.25. The first-order valence-electron chi connectivity index (χ1n) is 7.82. The van der Waals surface area contributed by atoms with E-state index in [-0.39, 0.29) is 6.10 Å². The van der Waals surface area contributed by atoms with Gasteiger partial charge in [0.2, 0.25) is 0 Å². The molecule has 1 aromatic rings. The Hall–Kier alpha value is -0.610. The molecule has 0 saturated carbocycles. The lowest BCUT2D eigenvalue weighted by Gasteiger charge is -2.15. The number of benzene rings is 1. The lowest BCUT2D eigenvalue weighted by atomic mass is 10.2. The molecule has 1 fully saturated rings. The van der Waals surface area contributed by atoms with Crippen LogP contribution in [0.4, 0.5) is 0 Å². The second kappa shape index (κ2) is 8.74. The van der Waals surface area contributed by atoms with E-state index in [1.165, 1.54) is 0 Å². The maximum absolute atomic E-state index is 6.11. The van der Waals surface area contributed by atoms with Crippen LogP contribution in [0.5, 0.6) is 0 Å². The molecule has 2 rings (SSSR count). The van der Waals surface area contributed by atoms with Crippen LogP contribution in [0.1, 0.15) is 32.3 Å². The van der Waals surface area contributed by atoms with E-state index < -0.39 is 0 Å². The van der Waals surface area contributed by atoms with Gasteiger partial charge in [0, 0.05) is 11.6 Å². The summed E-state index contributed by atoms with van der Waals surface area (Å²) in [6, 6.07) is 7.80. The van der Waals surface area contributed by atoms with E-state index in [9.17, 15) is 0 Å². The first-order chi connectivity index (χ1) is 10.1. The Labute approximate surface area is 133 Å². The van der Waals surface area contributed by atoms with Gasteiger partial charge in [0.05, 0.1) is 25.4 Å². The Morgan fingerprint density at radius 1 is 1.29 bits per heavy atom. The third-order valence-electron chi connectivity index (χ3n) is 3.64. The van der Waals surface area contributed by atoms with Crippen LogP contribution in [0.2, 0.25) is 5.02 Å². The van der Waals surface area contributed by atoms with Crippen LogP contribution in [-0.4, -0.2) is 31.9 Å². The summed E-state index contributed by atoms with van der Waals surface area (Å²) in [7, 11) is 0. The molecule has 1 aliphatic rings. The fraction of sp³-hybridized carbons (Fsp3) is 0.647. The average molecular weight is 312 g/mol. The van der Waals surface area contributed by atoms with E-state index in [1.54, 1.807) is 0 Å². The number of hydrogen-bond donors (Lipinski definition) is 1. The maximum atomic E-state index is 6.11. The van der Waals surface area contributed by atoms with Crippen molar-refractivity contribution in [3.05, 3.63) is 34.9 Å². The normalized spacial score (nSPS) is 22.1. The molecule has 21 heavy (non-hydrogen) atoms. The largest absolute Gasteiger partial charge is 0.374 e. The van der Waals surface area contributed by atoms with Crippen LogP contribution in [-0.2, 0) is 16.1 Å². The van der Waals surface area contributed by atoms with Crippen LogP contribution in [0.25, 0.3) is 0 Å². The molecule has 118 valence electrons. The summed E-state index contributed by atoms with van der Waals surface area (Å²) in [5, 5.41) is 4.22. The topological polar surface area (TPSA) is 30.5 Å². The van der Waals surface area contributed by atoms with Crippen molar-refractivity contribution in [2.45, 2.75) is 45.5 Å². The van der Waals surface area contributed by atoms with E-state index >= 15 is 0 Å². The first kappa shape index (κ1) is 16.8. The quantitative estimate of drug-likeness (QED) is 0.795. The minimum absolute atomic E-state index is 0.221. The summed E-state index contributed by atoms with van der Waals surface area (Å²) < 4.78 is 11.7. The van der Waals surface area contributed by atoms with Crippen molar-refractivity contribution in [3.8, 4) is 0 Å². The molecule has 0 spiro atoms. The van der Waals surface area contributed by atoms with Gasteiger partial charge in [0.15, 0.2) is 0 Å². The van der Waals surface area contributed by atoms with Gasteiger partial charge in [0.25, 0.3) is 0 Å². The van der Waals surface area contributed by atoms with E-state index in [1.807, 2.05) is 24.3 Å². The fourth-order valence-corrected chi connectivity index (χ4v) is 2.69. The molecule has 0 amide bonds. The molecule has 1 heterocycles. The average Bonchev–Trinajstić information content (AvgIpc) is 2.88. The molecule has 0 bridgehead atoms. The molecule has 0 aromatic heterocycles. The second-order valence-corrected chi connectivity index (χ2v) is 6.52. The molecule has 3 nitrogen and oxygen atoms in total. The van der Waals surface area contributed by atoms with Gasteiger partial charge in [-0.2, -0.15) is 0 Å². The molecule has 1 aromatic carbocycles. The van der Waals surface area contributed by atoms with Crippen LogP contribution in [0.15, 0.2) is 24.3 Å². The molecule has 4 heteroatoms. The molecule has 2 unspecified atom stereocenters. The lowest BCUT2D eigenvalue weighted by Crippen LogP contribution is -2.30. The van der Waals surface area contributed by atoms with Crippen molar-refractivity contribution in [2.24, 2.45) is 5.92 Å². The van der Waals surface area contributed by atoms with Crippen molar-refractivity contribution in [1.29, 1.82) is 0 Å². The van der Waals surface area contributed by atoms with Gasteiger partial charge in [-0.25, -0.2) is 0 Å². The summed E-state index contributed by atoms with van der Waals surface area (Å²) in [6.45, 7) is 7.62. The Bertz CT molecular complexity index is 425. The summed E-state index contributed by atoms with van der Waals surface area (Å²) in [4.78, 5) is 0. The van der Waals surface area contributed by atoms with Gasteiger partial charge in [-0.15, -0.1) is 0 Å². The number of rotatable bonds is 8. The Morgan fingerprint density at radius 2 is 2.05 bits per heavy atom. The van der Waals surface area contributed by atoms with E-state index in [2.05, 4.69) is 19.2 Å². The maximum Gasteiger partial charge on any atom is 0.0814 e. The SMILES string of the molecule is CC(C)CNCC1CCC(COCc2ccccc2Cl)O1. The Balaban J connectivity index is 1.61. The van der Waals surface area contributed by atoms with Crippen molar-refractivity contribution in [1.82, 2.24) is 5.32 Å². The summed E-state index contributed by atoms with van der Waals surface area (Å²) in [6.07, 6.45) is 2.75. The standard InChI is InChI=1S/C17H26ClNO2/c1-13(2)9-19-10-15-7-8-16(21-15)12-20-11-14-5-3-4-6-17(14)18/h3-6,13,15-16,19H,7-12H2,1-2H3. The zero-order chi connectivity index (χ0) is 15.1. The zero-order valence-corrected chi connectivity index (χ0v) is 13.7. The van der Waals surface area contributed by atoms with Crippen LogP contribution < -0.4 is 5.32 Å². The zero-order valence-electron chi connectivity index (χ0n) is 13.0. The predicted molar refractivity (Wildman–Crippen MR) is 86.7 cm³/mol. The van der Waals surface area contributed by atoms with Crippen molar-refractivity contribution < 1.29 is 9.47 Å². The van der Waals surface area contributed by atoms with Crippen LogP contribution >= 0.6 is 11.6 Å². The van der Waals surface area contributed by atoms with Gasteiger partial charge in [-0.05, 0) is 36.9 Å². The highest BCUT2D eigenvalue weighted by atomic mass is 35.5. The predicted octanol–water partition coefficient (Wildman–Crippen LogP) is 3.65. The molecular formula is C17H26ClNO2. The minimum Gasteiger partial charge on any atom is -0.374 e. The third-order valence-corrected chi connectivity index (χ3v) is 4.01. The van der Waals surface area contributed by atoms with Gasteiger partial charge in [-0.3, -0.25) is 0 Å². The number of ether oxygens (including phenoxy) is 2. The summed E-state index contributed by atoms with van der Waals surface area (Å²) >= 11 is 6.11. The molecule has 1 aliphatic heterocycles. The summed E-state index contributed by atoms with van der Waals surface area (Å²) in [5.41, 5.74) is 1.03. The molecule has 2 atom stereocenters. The monoisotopic (exact) mass is 311 g/mol. The third kappa shape index (κ3) is 5.95. The van der Waals surface area contributed by atoms with Crippen molar-refractivity contribution in [2.75, 3.05) is 19.7 Å². The van der Waals surface area contributed by atoms with Crippen LogP contribution in [0, 0.1) is 5.92 Å². The molecule has 1 N–H and O–H groups in total. The van der Waals surface area contributed by atoms with Crippen LogP contribution in [0.3, 0.4) is 0 Å². The second-order valence-electron chi connectivity index (χ2n) is 6.12. The first-order valence-corrected chi connectivity index (χ1v) is 8.20. The van der Waals surface area contributed by atoms with E-state index in [0.717, 1.165) is 36.5 Å². The van der Waals surface area contributed by atoms with E-state index in [0.29, 0.717) is 25.2 Å². The number of nitrogens with one attached hydrogen (secondary N) is 1. The molecule has 0 radical (unpaired) electrons. The van der Waals surface area contributed by atoms with Gasteiger partial charge >= 0.3 is 0 Å². The fourth-order valence-electron chi connectivity index (χ4n) is 2.50. The van der Waals surface area contributed by atoms with Crippen molar-refractivity contribution in [3.63, 3.8) is 0 Å². The Morgan fingerprint density at radius 3 is 2.81 bits per heavy atom. The highest BCUT2D eigenvalue weighted by Crippen LogP contribution is 2.21. The van der Waals surface area contributed by atoms with Gasteiger partial charge < -0.3 is 14.8 Å². The molecular weight excluding hydrogens is 286 g/mol.